The minimum atomic E-state index is -1.02. The SMILES string of the molecule is Cc1cc(=O)oc2cc(OCc3ccc(C(=O)OCC(=O)NC(N)=O)cc3)ccc12. The highest BCUT2D eigenvalue weighted by Crippen LogP contribution is 2.23. The highest BCUT2D eigenvalue weighted by molar-refractivity contribution is 5.96. The molecule has 1 aromatic heterocycles. The molecule has 30 heavy (non-hydrogen) atoms. The molecule has 9 heteroatoms. The Morgan fingerprint density at radius 3 is 2.50 bits per heavy atom. The summed E-state index contributed by atoms with van der Waals surface area (Å²) in [6.45, 7) is 1.43. The van der Waals surface area contributed by atoms with Crippen molar-refractivity contribution in [1.29, 1.82) is 0 Å². The molecular formula is C21H18N2O7. The van der Waals surface area contributed by atoms with Gasteiger partial charge in [0, 0.05) is 17.5 Å². The summed E-state index contributed by atoms with van der Waals surface area (Å²) in [6.07, 6.45) is 0. The summed E-state index contributed by atoms with van der Waals surface area (Å²) in [4.78, 5) is 45.2. The first-order chi connectivity index (χ1) is 14.3. The minimum absolute atomic E-state index is 0.220. The smallest absolute Gasteiger partial charge is 0.338 e. The van der Waals surface area contributed by atoms with E-state index in [1.807, 2.05) is 13.0 Å². The number of carbonyl (C=O) groups excluding carboxylic acids is 3. The van der Waals surface area contributed by atoms with E-state index in [4.69, 9.17) is 19.6 Å². The van der Waals surface area contributed by atoms with Gasteiger partial charge in [-0.25, -0.2) is 14.4 Å². The van der Waals surface area contributed by atoms with Crippen molar-refractivity contribution in [3.63, 3.8) is 0 Å². The van der Waals surface area contributed by atoms with E-state index in [-0.39, 0.29) is 12.2 Å². The van der Waals surface area contributed by atoms with Crippen molar-refractivity contribution < 1.29 is 28.3 Å². The molecule has 2 aromatic carbocycles. The number of imide groups is 1. The topological polar surface area (TPSA) is 138 Å². The molecule has 1 heterocycles. The van der Waals surface area contributed by atoms with Crippen LogP contribution in [0.1, 0.15) is 21.5 Å². The Morgan fingerprint density at radius 1 is 1.07 bits per heavy atom. The molecule has 0 aliphatic heterocycles. The number of rotatable bonds is 6. The highest BCUT2D eigenvalue weighted by atomic mass is 16.5. The second kappa shape index (κ2) is 8.91. The summed E-state index contributed by atoms with van der Waals surface area (Å²) < 4.78 is 15.7. The van der Waals surface area contributed by atoms with Crippen LogP contribution in [0, 0.1) is 6.92 Å². The quantitative estimate of drug-likeness (QED) is 0.468. The average molecular weight is 410 g/mol. The Labute approximate surface area is 170 Å². The number of fused-ring (bicyclic) bond motifs is 1. The van der Waals surface area contributed by atoms with E-state index in [1.54, 1.807) is 29.6 Å². The lowest BCUT2D eigenvalue weighted by Gasteiger charge is -2.09. The van der Waals surface area contributed by atoms with Crippen LogP contribution in [0.5, 0.6) is 5.75 Å². The molecule has 3 amide bonds. The first-order valence-corrected chi connectivity index (χ1v) is 8.84. The van der Waals surface area contributed by atoms with E-state index in [2.05, 4.69) is 0 Å². The largest absolute Gasteiger partial charge is 0.489 e. The van der Waals surface area contributed by atoms with Crippen LogP contribution in [0.4, 0.5) is 4.79 Å². The fourth-order valence-corrected chi connectivity index (χ4v) is 2.69. The average Bonchev–Trinajstić information content (AvgIpc) is 2.70. The van der Waals surface area contributed by atoms with Crippen molar-refractivity contribution >= 4 is 28.9 Å². The second-order valence-corrected chi connectivity index (χ2v) is 6.38. The van der Waals surface area contributed by atoms with Gasteiger partial charge in [-0.3, -0.25) is 10.1 Å². The van der Waals surface area contributed by atoms with Crippen molar-refractivity contribution in [2.24, 2.45) is 5.73 Å². The maximum atomic E-state index is 11.9. The number of esters is 1. The molecule has 0 saturated carbocycles. The molecule has 3 aromatic rings. The molecule has 0 spiro atoms. The zero-order valence-electron chi connectivity index (χ0n) is 16.0. The van der Waals surface area contributed by atoms with Gasteiger partial charge in [-0.1, -0.05) is 12.1 Å². The number of ether oxygens (including phenoxy) is 2. The highest BCUT2D eigenvalue weighted by Gasteiger charge is 2.11. The molecule has 3 N–H and O–H groups in total. The predicted octanol–water partition coefficient (Wildman–Crippen LogP) is 2.03. The van der Waals surface area contributed by atoms with E-state index in [1.165, 1.54) is 18.2 Å². The van der Waals surface area contributed by atoms with Crippen LogP contribution in [-0.2, 0) is 16.1 Å². The Hall–Kier alpha value is -4.14. The Balaban J connectivity index is 1.59. The van der Waals surface area contributed by atoms with Crippen molar-refractivity contribution in [2.45, 2.75) is 13.5 Å². The third kappa shape index (κ3) is 5.22. The maximum absolute atomic E-state index is 11.9. The fraction of sp³-hybridized carbons (Fsp3) is 0.143. The van der Waals surface area contributed by atoms with Crippen LogP contribution in [0.2, 0.25) is 0 Å². The van der Waals surface area contributed by atoms with Crippen LogP contribution in [-0.4, -0.2) is 24.5 Å². The number of hydrogen-bond acceptors (Lipinski definition) is 7. The first-order valence-electron chi connectivity index (χ1n) is 8.84. The lowest BCUT2D eigenvalue weighted by molar-refractivity contribution is -0.123. The molecule has 0 fully saturated rings. The Bertz CT molecular complexity index is 1170. The van der Waals surface area contributed by atoms with Gasteiger partial charge < -0.3 is 19.6 Å². The van der Waals surface area contributed by atoms with E-state index >= 15 is 0 Å². The summed E-state index contributed by atoms with van der Waals surface area (Å²) in [5.74, 6) is -1.01. The number of nitrogens with two attached hydrogens (primary N) is 1. The van der Waals surface area contributed by atoms with Crippen molar-refractivity contribution in [2.75, 3.05) is 6.61 Å². The Morgan fingerprint density at radius 2 is 1.80 bits per heavy atom. The van der Waals surface area contributed by atoms with E-state index in [0.29, 0.717) is 11.3 Å². The van der Waals surface area contributed by atoms with Gasteiger partial charge in [-0.2, -0.15) is 0 Å². The minimum Gasteiger partial charge on any atom is -0.489 e. The van der Waals surface area contributed by atoms with Crippen molar-refractivity contribution in [3.8, 4) is 5.75 Å². The molecule has 3 rings (SSSR count). The van der Waals surface area contributed by atoms with Crippen LogP contribution in [0.15, 0.2) is 57.7 Å². The standard InChI is InChI=1S/C21H18N2O7/c1-12-8-19(25)30-17-9-15(6-7-16(12)17)28-10-13-2-4-14(5-3-13)20(26)29-11-18(24)23-21(22)27/h2-9H,10-11H2,1H3,(H3,22,23,24,27). The zero-order valence-corrected chi connectivity index (χ0v) is 16.0. The third-order valence-corrected chi connectivity index (χ3v) is 4.11. The van der Waals surface area contributed by atoms with E-state index < -0.39 is 30.1 Å². The first kappa shape index (κ1) is 20.6. The molecule has 0 aliphatic rings. The van der Waals surface area contributed by atoms with Gasteiger partial charge in [0.05, 0.1) is 5.56 Å². The molecular weight excluding hydrogens is 392 g/mol. The molecule has 0 aliphatic carbocycles. The van der Waals surface area contributed by atoms with Gasteiger partial charge in [-0.05, 0) is 42.3 Å². The van der Waals surface area contributed by atoms with E-state index in [9.17, 15) is 19.2 Å². The number of primary amides is 1. The van der Waals surface area contributed by atoms with Gasteiger partial charge in [0.25, 0.3) is 5.91 Å². The molecule has 0 radical (unpaired) electrons. The summed E-state index contributed by atoms with van der Waals surface area (Å²) in [6, 6.07) is 12.0. The second-order valence-electron chi connectivity index (χ2n) is 6.38. The molecule has 0 atom stereocenters. The monoisotopic (exact) mass is 410 g/mol. The van der Waals surface area contributed by atoms with Gasteiger partial charge in [0.2, 0.25) is 0 Å². The van der Waals surface area contributed by atoms with E-state index in [0.717, 1.165) is 16.5 Å². The fourth-order valence-electron chi connectivity index (χ4n) is 2.69. The van der Waals surface area contributed by atoms with Crippen LogP contribution in [0.3, 0.4) is 0 Å². The lowest BCUT2D eigenvalue weighted by Crippen LogP contribution is -2.37. The number of nitrogens with one attached hydrogen (secondary N) is 1. The van der Waals surface area contributed by atoms with Crippen molar-refractivity contribution in [3.05, 3.63) is 75.6 Å². The molecule has 0 unspecified atom stereocenters. The van der Waals surface area contributed by atoms with Gasteiger partial charge >= 0.3 is 17.6 Å². The zero-order chi connectivity index (χ0) is 21.7. The van der Waals surface area contributed by atoms with Crippen LogP contribution in [0.25, 0.3) is 11.0 Å². The van der Waals surface area contributed by atoms with Gasteiger partial charge in [0.15, 0.2) is 6.61 Å². The molecule has 9 nitrogen and oxygen atoms in total. The summed E-state index contributed by atoms with van der Waals surface area (Å²) in [5.41, 5.74) is 6.65. The number of hydrogen-bond donors (Lipinski definition) is 2. The van der Waals surface area contributed by atoms with Crippen molar-refractivity contribution in [1.82, 2.24) is 5.32 Å². The Kier molecular flexibility index (Phi) is 6.11. The maximum Gasteiger partial charge on any atom is 0.338 e. The lowest BCUT2D eigenvalue weighted by atomic mass is 10.1. The normalized spacial score (nSPS) is 10.4. The molecule has 0 bridgehead atoms. The predicted molar refractivity (Wildman–Crippen MR) is 106 cm³/mol. The van der Waals surface area contributed by atoms with Gasteiger partial charge in [0.1, 0.15) is 17.9 Å². The number of aryl methyl sites for hydroxylation is 1. The van der Waals surface area contributed by atoms with Gasteiger partial charge in [-0.15, -0.1) is 0 Å². The number of urea groups is 1. The third-order valence-electron chi connectivity index (χ3n) is 4.11. The summed E-state index contributed by atoms with van der Waals surface area (Å²) in [7, 11) is 0. The number of carbonyl (C=O) groups is 3. The number of amides is 3. The summed E-state index contributed by atoms with van der Waals surface area (Å²) in [5, 5.41) is 2.62. The van der Waals surface area contributed by atoms with Crippen LogP contribution < -0.4 is 21.4 Å². The summed E-state index contributed by atoms with van der Waals surface area (Å²) >= 11 is 0. The number of benzene rings is 2. The molecule has 154 valence electrons. The molecule has 0 saturated heterocycles. The van der Waals surface area contributed by atoms with Crippen LogP contribution >= 0.6 is 0 Å².